The number of hydrogen-bond acceptors (Lipinski definition) is 9. The van der Waals surface area contributed by atoms with Gasteiger partial charge in [0.15, 0.2) is 12.4 Å². The van der Waals surface area contributed by atoms with Gasteiger partial charge in [-0.3, -0.25) is 19.7 Å². The maximum Gasteiger partial charge on any atom is 0.321 e. The summed E-state index contributed by atoms with van der Waals surface area (Å²) >= 11 is 1.10. The van der Waals surface area contributed by atoms with Crippen molar-refractivity contribution in [2.75, 3.05) is 17.7 Å². The minimum absolute atomic E-state index is 0.0470. The van der Waals surface area contributed by atoms with Gasteiger partial charge in [-0.05, 0) is 31.5 Å². The summed E-state index contributed by atoms with van der Waals surface area (Å²) in [5.41, 5.74) is 0.889. The molecular weight excluding hydrogens is 426 g/mol. The Balaban J connectivity index is 1.30. The molecule has 12 heteroatoms. The zero-order chi connectivity index (χ0) is 22.0. The molecule has 4 rings (SSSR count). The third-order valence-electron chi connectivity index (χ3n) is 4.91. The molecule has 1 aromatic carbocycles. The molecule has 2 unspecified atom stereocenters. The second kappa shape index (κ2) is 8.76. The highest BCUT2D eigenvalue weighted by molar-refractivity contribution is 7.99. The van der Waals surface area contributed by atoms with Gasteiger partial charge < -0.3 is 19.8 Å². The average Bonchev–Trinajstić information content (AvgIpc) is 3.18. The lowest BCUT2D eigenvalue weighted by Crippen LogP contribution is -2.57. The lowest BCUT2D eigenvalue weighted by molar-refractivity contribution is -0.125. The van der Waals surface area contributed by atoms with E-state index < -0.39 is 11.9 Å². The molecular formula is C19H19N5O6S. The number of thioether (sulfide) groups is 1. The number of ether oxygens (including phenoxy) is 1. The van der Waals surface area contributed by atoms with Crippen LogP contribution in [0.5, 0.6) is 5.75 Å². The molecule has 0 spiro atoms. The van der Waals surface area contributed by atoms with Crippen molar-refractivity contribution >= 4 is 41.1 Å². The Kier molecular flexibility index (Phi) is 5.89. The highest BCUT2D eigenvalue weighted by Gasteiger charge is 2.32. The Morgan fingerprint density at radius 2 is 2.06 bits per heavy atom. The van der Waals surface area contributed by atoms with Crippen molar-refractivity contribution in [1.29, 1.82) is 0 Å². The van der Waals surface area contributed by atoms with E-state index in [1.165, 1.54) is 0 Å². The smallest absolute Gasteiger partial charge is 0.321 e. The van der Waals surface area contributed by atoms with E-state index in [4.69, 9.17) is 9.15 Å². The van der Waals surface area contributed by atoms with E-state index in [1.807, 2.05) is 0 Å². The van der Waals surface area contributed by atoms with Crippen LogP contribution in [-0.2, 0) is 16.0 Å². The zero-order valence-corrected chi connectivity index (χ0v) is 17.3. The monoisotopic (exact) mass is 445 g/mol. The quantitative estimate of drug-likeness (QED) is 0.421. The molecule has 1 aromatic heterocycles. The molecule has 0 bridgehead atoms. The number of ketones is 1. The molecule has 2 atom stereocenters. The van der Waals surface area contributed by atoms with Crippen LogP contribution in [0.4, 0.5) is 10.5 Å². The Bertz CT molecular complexity index is 1050. The van der Waals surface area contributed by atoms with E-state index in [9.17, 15) is 19.2 Å². The molecule has 0 saturated carbocycles. The standard InChI is InChI=1S/C19H19N5O6S/c1-9-11(17(27)22-18(28)20-9)3-5-16-23-24-19(30-16)31-8-13(25)10-2-4-14-12(6-10)21-15(26)7-29-14/h2,4,6,9,11H,3,5,7-8H2,1H3,(H,21,26)(H2,20,22,27,28). The lowest BCUT2D eigenvalue weighted by atomic mass is 9.93. The van der Waals surface area contributed by atoms with Gasteiger partial charge in [0.25, 0.3) is 11.1 Å². The van der Waals surface area contributed by atoms with Crippen molar-refractivity contribution < 1.29 is 28.3 Å². The number of Topliss-reactive ketones (excluding diaryl/α,β-unsaturated/α-hetero) is 1. The van der Waals surface area contributed by atoms with Crippen molar-refractivity contribution in [3.63, 3.8) is 0 Å². The molecule has 2 aliphatic rings. The summed E-state index contributed by atoms with van der Waals surface area (Å²) in [7, 11) is 0. The number of nitrogens with zero attached hydrogens (tertiary/aromatic N) is 2. The van der Waals surface area contributed by atoms with Gasteiger partial charge in [-0.15, -0.1) is 10.2 Å². The zero-order valence-electron chi connectivity index (χ0n) is 16.5. The summed E-state index contributed by atoms with van der Waals surface area (Å²) in [6.07, 6.45) is 0.797. The minimum atomic E-state index is -0.497. The van der Waals surface area contributed by atoms with Crippen molar-refractivity contribution in [3.05, 3.63) is 29.7 Å². The van der Waals surface area contributed by atoms with Crippen molar-refractivity contribution in [3.8, 4) is 5.75 Å². The first-order valence-corrected chi connectivity index (χ1v) is 10.5. The summed E-state index contributed by atoms with van der Waals surface area (Å²) in [6, 6.07) is 4.06. The van der Waals surface area contributed by atoms with Crippen molar-refractivity contribution in [2.45, 2.75) is 31.0 Å². The number of rotatable bonds is 7. The highest BCUT2D eigenvalue weighted by Crippen LogP contribution is 2.29. The van der Waals surface area contributed by atoms with Crippen LogP contribution < -0.4 is 20.7 Å². The molecule has 2 aromatic rings. The second-order valence-electron chi connectivity index (χ2n) is 7.12. The molecule has 3 N–H and O–H groups in total. The van der Waals surface area contributed by atoms with Crippen LogP contribution >= 0.6 is 11.8 Å². The van der Waals surface area contributed by atoms with Crippen LogP contribution in [0.25, 0.3) is 0 Å². The summed E-state index contributed by atoms with van der Waals surface area (Å²) in [4.78, 5) is 47.1. The first-order chi connectivity index (χ1) is 14.9. The Labute approximate surface area is 180 Å². The van der Waals surface area contributed by atoms with E-state index in [0.29, 0.717) is 35.7 Å². The van der Waals surface area contributed by atoms with Crippen LogP contribution in [0.3, 0.4) is 0 Å². The van der Waals surface area contributed by atoms with E-state index in [-0.39, 0.29) is 41.2 Å². The number of fused-ring (bicyclic) bond motifs is 1. The van der Waals surface area contributed by atoms with Gasteiger partial charge in [0, 0.05) is 18.0 Å². The van der Waals surface area contributed by atoms with Crippen LogP contribution in [-0.4, -0.2) is 52.2 Å². The van der Waals surface area contributed by atoms with Gasteiger partial charge in [0.2, 0.25) is 11.8 Å². The van der Waals surface area contributed by atoms with Gasteiger partial charge in [-0.2, -0.15) is 0 Å². The van der Waals surface area contributed by atoms with E-state index >= 15 is 0 Å². The Morgan fingerprint density at radius 1 is 1.23 bits per heavy atom. The van der Waals surface area contributed by atoms with Gasteiger partial charge in [0.05, 0.1) is 17.4 Å². The molecule has 4 amide bonds. The van der Waals surface area contributed by atoms with Crippen LogP contribution in [0.15, 0.2) is 27.8 Å². The largest absolute Gasteiger partial charge is 0.482 e. The molecule has 11 nitrogen and oxygen atoms in total. The maximum atomic E-state index is 12.5. The fourth-order valence-electron chi connectivity index (χ4n) is 3.30. The van der Waals surface area contributed by atoms with E-state index in [0.717, 1.165) is 11.8 Å². The van der Waals surface area contributed by atoms with Crippen LogP contribution in [0.2, 0.25) is 0 Å². The van der Waals surface area contributed by atoms with Crippen LogP contribution in [0.1, 0.15) is 29.6 Å². The number of aromatic nitrogens is 2. The highest BCUT2D eigenvalue weighted by atomic mass is 32.2. The number of aryl methyl sites for hydroxylation is 1. The number of nitrogens with one attached hydrogen (secondary N) is 3. The number of amides is 4. The fourth-order valence-corrected chi connectivity index (χ4v) is 3.97. The molecule has 3 heterocycles. The summed E-state index contributed by atoms with van der Waals surface area (Å²) in [5, 5.41) is 15.7. The van der Waals surface area contributed by atoms with Gasteiger partial charge in [0.1, 0.15) is 5.75 Å². The predicted molar refractivity (Wildman–Crippen MR) is 108 cm³/mol. The van der Waals surface area contributed by atoms with Gasteiger partial charge in [-0.1, -0.05) is 11.8 Å². The number of imide groups is 1. The Morgan fingerprint density at radius 3 is 2.87 bits per heavy atom. The number of benzene rings is 1. The lowest BCUT2D eigenvalue weighted by Gasteiger charge is -2.28. The number of anilines is 1. The number of carbonyl (C=O) groups is 4. The minimum Gasteiger partial charge on any atom is -0.482 e. The average molecular weight is 445 g/mol. The SMILES string of the molecule is CC1NC(=O)NC(=O)C1CCc1nnc(SCC(=O)c2ccc3c(c2)NC(=O)CO3)o1. The van der Waals surface area contributed by atoms with E-state index in [1.54, 1.807) is 25.1 Å². The first kappa shape index (κ1) is 20.8. The fraction of sp³-hybridized carbons (Fsp3) is 0.368. The number of carbonyl (C=O) groups excluding carboxylic acids is 4. The summed E-state index contributed by atoms with van der Waals surface area (Å²) in [5.74, 6) is -0.226. The topological polar surface area (TPSA) is 153 Å². The first-order valence-electron chi connectivity index (χ1n) is 9.55. The molecule has 162 valence electrons. The van der Waals surface area contributed by atoms with Crippen molar-refractivity contribution in [2.24, 2.45) is 5.92 Å². The second-order valence-corrected chi connectivity index (χ2v) is 8.04. The molecule has 31 heavy (non-hydrogen) atoms. The molecule has 1 saturated heterocycles. The molecule has 1 fully saturated rings. The van der Waals surface area contributed by atoms with E-state index in [2.05, 4.69) is 26.1 Å². The summed E-state index contributed by atoms with van der Waals surface area (Å²) in [6.45, 7) is 1.72. The predicted octanol–water partition coefficient (Wildman–Crippen LogP) is 1.15. The summed E-state index contributed by atoms with van der Waals surface area (Å²) < 4.78 is 10.8. The Hall–Kier alpha value is -3.41. The number of hydrogen-bond donors (Lipinski definition) is 3. The van der Waals surface area contributed by atoms with Crippen LogP contribution in [0, 0.1) is 5.92 Å². The molecule has 0 aliphatic carbocycles. The molecule has 2 aliphatic heterocycles. The van der Waals surface area contributed by atoms with Crippen molar-refractivity contribution in [1.82, 2.24) is 20.8 Å². The number of urea groups is 1. The van der Waals surface area contributed by atoms with Gasteiger partial charge >= 0.3 is 6.03 Å². The third kappa shape index (κ3) is 4.85. The molecule has 0 radical (unpaired) electrons. The maximum absolute atomic E-state index is 12.5. The van der Waals surface area contributed by atoms with Gasteiger partial charge in [-0.25, -0.2) is 4.79 Å². The third-order valence-corrected chi connectivity index (χ3v) is 5.73. The normalized spacial score (nSPS) is 20.2.